The largest absolute Gasteiger partial charge is 0.481 e. The maximum atomic E-state index is 9.70. The molecule has 6 nitrogen and oxygen atoms in total. The molecule has 134 valence electrons. The number of hydrogen-bond donors (Lipinski definition) is 4. The van der Waals surface area contributed by atoms with Crippen LogP contribution in [0.1, 0.15) is 61.8 Å². The molecule has 0 aromatic carbocycles. The van der Waals surface area contributed by atoms with Crippen LogP contribution in [0.3, 0.4) is 0 Å². The van der Waals surface area contributed by atoms with Crippen molar-refractivity contribution in [3.8, 4) is 0 Å². The van der Waals surface area contributed by atoms with Crippen LogP contribution in [0.5, 0.6) is 0 Å². The maximum absolute atomic E-state index is 9.70. The molecular formula is C16H34O6. The first kappa shape index (κ1) is 25.8. The Morgan fingerprint density at radius 3 is 1.09 bits per heavy atom. The zero-order valence-electron chi connectivity index (χ0n) is 15.1. The van der Waals surface area contributed by atoms with Crippen LogP contribution in [-0.4, -0.2) is 38.7 Å². The Kier molecular flexibility index (Phi) is 14.5. The molecule has 6 heteroatoms. The van der Waals surface area contributed by atoms with Gasteiger partial charge < -0.3 is 20.4 Å². The highest BCUT2D eigenvalue weighted by Gasteiger charge is 2.26. The van der Waals surface area contributed by atoms with E-state index in [2.05, 4.69) is 13.8 Å². The zero-order valence-corrected chi connectivity index (χ0v) is 15.1. The van der Waals surface area contributed by atoms with Gasteiger partial charge in [0.15, 0.2) is 6.29 Å². The molecule has 0 saturated heterocycles. The summed E-state index contributed by atoms with van der Waals surface area (Å²) < 4.78 is 0. The summed E-state index contributed by atoms with van der Waals surface area (Å²) in [4.78, 5) is 19.4. The van der Waals surface area contributed by atoms with Gasteiger partial charge in [0.25, 0.3) is 0 Å². The molecular weight excluding hydrogens is 288 g/mol. The molecule has 0 bridgehead atoms. The van der Waals surface area contributed by atoms with Crippen molar-refractivity contribution in [2.75, 3.05) is 0 Å². The quantitative estimate of drug-likeness (QED) is 0.579. The molecule has 0 aliphatic rings. The van der Waals surface area contributed by atoms with E-state index >= 15 is 0 Å². The van der Waals surface area contributed by atoms with E-state index in [0.717, 1.165) is 6.42 Å². The molecule has 0 radical (unpaired) electrons. The third-order valence-corrected chi connectivity index (χ3v) is 2.62. The van der Waals surface area contributed by atoms with Gasteiger partial charge in [-0.2, -0.15) is 0 Å². The third kappa shape index (κ3) is 18.9. The lowest BCUT2D eigenvalue weighted by molar-refractivity contribution is -0.141. The zero-order chi connectivity index (χ0) is 18.7. The van der Waals surface area contributed by atoms with Crippen LogP contribution in [0.25, 0.3) is 0 Å². The molecule has 0 aromatic rings. The molecule has 22 heavy (non-hydrogen) atoms. The number of aliphatic hydroxyl groups is 2. The van der Waals surface area contributed by atoms with E-state index in [4.69, 9.17) is 20.4 Å². The first-order chi connectivity index (χ1) is 9.65. The monoisotopic (exact) mass is 322 g/mol. The van der Waals surface area contributed by atoms with Gasteiger partial charge in [-0.05, 0) is 12.3 Å². The number of carboxylic acid groups (broad SMARTS) is 2. The Bertz CT molecular complexity index is 288. The van der Waals surface area contributed by atoms with Crippen LogP contribution in [0.15, 0.2) is 0 Å². The van der Waals surface area contributed by atoms with Crippen molar-refractivity contribution in [1.29, 1.82) is 0 Å². The molecule has 0 atom stereocenters. The number of hydrogen-bond acceptors (Lipinski definition) is 4. The van der Waals surface area contributed by atoms with Gasteiger partial charge in [-0.1, -0.05) is 55.4 Å². The van der Waals surface area contributed by atoms with Crippen molar-refractivity contribution in [3.63, 3.8) is 0 Å². The number of aliphatic carboxylic acids is 2. The summed E-state index contributed by atoms with van der Waals surface area (Å²) in [6, 6.07) is 0. The fourth-order valence-electron chi connectivity index (χ4n) is 1.16. The highest BCUT2D eigenvalue weighted by molar-refractivity contribution is 5.69. The molecule has 0 aromatic heterocycles. The van der Waals surface area contributed by atoms with Gasteiger partial charge in [0, 0.05) is 5.41 Å². The lowest BCUT2D eigenvalue weighted by Crippen LogP contribution is -2.30. The molecule has 0 saturated carbocycles. The Morgan fingerprint density at radius 1 is 0.818 bits per heavy atom. The summed E-state index contributed by atoms with van der Waals surface area (Å²) in [5.74, 6) is -1.43. The van der Waals surface area contributed by atoms with Crippen molar-refractivity contribution < 1.29 is 30.0 Å². The minimum absolute atomic E-state index is 0.231. The predicted molar refractivity (Wildman–Crippen MR) is 86.4 cm³/mol. The van der Waals surface area contributed by atoms with Gasteiger partial charge in [-0.3, -0.25) is 9.59 Å². The molecule has 0 aliphatic carbocycles. The highest BCUT2D eigenvalue weighted by Crippen LogP contribution is 2.27. The fraction of sp³-hybridized carbons (Fsp3) is 0.875. The summed E-state index contributed by atoms with van der Waals surface area (Å²) in [6.45, 7) is 14.4. The highest BCUT2D eigenvalue weighted by atomic mass is 16.5. The lowest BCUT2D eigenvalue weighted by atomic mass is 9.83. The van der Waals surface area contributed by atoms with E-state index in [1.807, 2.05) is 13.8 Å². The van der Waals surface area contributed by atoms with E-state index < -0.39 is 18.2 Å². The topological polar surface area (TPSA) is 115 Å². The van der Waals surface area contributed by atoms with Crippen LogP contribution in [0.4, 0.5) is 0 Å². The summed E-state index contributed by atoms with van der Waals surface area (Å²) >= 11 is 0. The van der Waals surface area contributed by atoms with Crippen molar-refractivity contribution in [3.05, 3.63) is 0 Å². The Hall–Kier alpha value is -1.14. The van der Waals surface area contributed by atoms with E-state index in [1.165, 1.54) is 0 Å². The lowest BCUT2D eigenvalue weighted by Gasteiger charge is -2.28. The number of carboxylic acids is 2. The number of rotatable bonds is 5. The average molecular weight is 322 g/mol. The molecule has 0 rings (SSSR count). The molecule has 0 unspecified atom stereocenters. The van der Waals surface area contributed by atoms with Crippen molar-refractivity contribution in [2.45, 2.75) is 68.1 Å². The third-order valence-electron chi connectivity index (χ3n) is 2.62. The Morgan fingerprint density at radius 2 is 1.05 bits per heavy atom. The van der Waals surface area contributed by atoms with E-state index in [-0.39, 0.29) is 17.3 Å². The summed E-state index contributed by atoms with van der Waals surface area (Å²) in [5.41, 5.74) is -0.367. The minimum atomic E-state index is -1.20. The Balaban J connectivity index is -0.000000261. The van der Waals surface area contributed by atoms with Gasteiger partial charge in [0.05, 0.1) is 11.8 Å². The van der Waals surface area contributed by atoms with Crippen molar-refractivity contribution >= 4 is 11.9 Å². The first-order valence-corrected chi connectivity index (χ1v) is 7.46. The van der Waals surface area contributed by atoms with Crippen molar-refractivity contribution in [1.82, 2.24) is 0 Å². The molecule has 0 aliphatic heterocycles. The number of aliphatic hydroxyl groups excluding tert-OH is 1. The first-order valence-electron chi connectivity index (χ1n) is 7.46. The van der Waals surface area contributed by atoms with Gasteiger partial charge in [-0.15, -0.1) is 0 Å². The van der Waals surface area contributed by atoms with Crippen LogP contribution < -0.4 is 0 Å². The molecule has 4 N–H and O–H groups in total. The summed E-state index contributed by atoms with van der Waals surface area (Å²) in [7, 11) is 0. The van der Waals surface area contributed by atoms with Crippen LogP contribution in [-0.2, 0) is 9.59 Å². The van der Waals surface area contributed by atoms with Crippen molar-refractivity contribution in [2.24, 2.45) is 23.2 Å². The van der Waals surface area contributed by atoms with E-state index in [9.17, 15) is 9.59 Å². The van der Waals surface area contributed by atoms with Crippen LogP contribution in [0.2, 0.25) is 0 Å². The SMILES string of the molecule is CC(C)C(=O)O.CC(C)C(=O)O.CC(C)CC(C)(C)C(O)O. The van der Waals surface area contributed by atoms with Gasteiger partial charge in [0.1, 0.15) is 0 Å². The van der Waals surface area contributed by atoms with Crippen LogP contribution in [0, 0.1) is 23.2 Å². The molecule has 0 heterocycles. The predicted octanol–water partition coefficient (Wildman–Crippen LogP) is 2.82. The van der Waals surface area contributed by atoms with Gasteiger partial charge in [-0.25, -0.2) is 0 Å². The van der Waals surface area contributed by atoms with E-state index in [1.54, 1.807) is 27.7 Å². The smallest absolute Gasteiger partial charge is 0.305 e. The molecule has 0 spiro atoms. The van der Waals surface area contributed by atoms with Crippen LogP contribution >= 0.6 is 0 Å². The van der Waals surface area contributed by atoms with E-state index in [0.29, 0.717) is 5.92 Å². The second kappa shape index (κ2) is 12.4. The van der Waals surface area contributed by atoms with Gasteiger partial charge >= 0.3 is 11.9 Å². The average Bonchev–Trinajstić information content (AvgIpc) is 2.28. The molecule has 0 amide bonds. The minimum Gasteiger partial charge on any atom is -0.481 e. The standard InChI is InChI=1S/C8H18O2.2C4H8O2/c1-6(2)5-8(3,4)7(9)10;2*1-3(2)4(5)6/h6-7,9-10H,5H2,1-4H3;2*3H,1-2H3,(H,5,6). The van der Waals surface area contributed by atoms with Gasteiger partial charge in [0.2, 0.25) is 0 Å². The summed E-state index contributed by atoms with van der Waals surface area (Å²) in [5, 5.41) is 33.8. The normalized spacial score (nSPS) is 11.0. The summed E-state index contributed by atoms with van der Waals surface area (Å²) in [6.07, 6.45) is -0.361. The molecule has 0 fully saturated rings. The second-order valence-corrected chi connectivity index (χ2v) is 6.95. The fourth-order valence-corrected chi connectivity index (χ4v) is 1.16. The maximum Gasteiger partial charge on any atom is 0.305 e. The second-order valence-electron chi connectivity index (χ2n) is 6.95. The number of carbonyl (C=O) groups is 2. The Labute approximate surface area is 134 Å².